The van der Waals surface area contributed by atoms with E-state index in [0.717, 1.165) is 0 Å². The van der Waals surface area contributed by atoms with Crippen LogP contribution in [0.25, 0.3) is 5.57 Å². The van der Waals surface area contributed by atoms with E-state index in [2.05, 4.69) is 15.9 Å². The van der Waals surface area contributed by atoms with Crippen LogP contribution in [-0.4, -0.2) is 32.0 Å². The Kier molecular flexibility index (Phi) is 5.90. The van der Waals surface area contributed by atoms with E-state index >= 15 is 4.39 Å². The Morgan fingerprint density at radius 1 is 1.21 bits per heavy atom. The van der Waals surface area contributed by atoms with Gasteiger partial charge in [0, 0.05) is 7.11 Å². The first-order valence-electron chi connectivity index (χ1n) is 7.77. The molecule has 1 aromatic rings. The Balaban J connectivity index is 2.42. The number of rotatable bonds is 5. The molecule has 1 saturated heterocycles. The summed E-state index contributed by atoms with van der Waals surface area (Å²) in [7, 11) is 0.455. The van der Waals surface area contributed by atoms with Gasteiger partial charge in [-0.25, -0.2) is 8.78 Å². The lowest BCUT2D eigenvalue weighted by Crippen LogP contribution is -2.41. The van der Waals surface area contributed by atoms with Gasteiger partial charge in [-0.15, -0.1) is 0 Å². The molecule has 3 nitrogen and oxygen atoms in total. The minimum absolute atomic E-state index is 0.275. The molecule has 0 N–H and O–H groups in total. The van der Waals surface area contributed by atoms with E-state index in [1.165, 1.54) is 12.1 Å². The minimum Gasteiger partial charge on any atom is -0.398 e. The molecule has 1 aliphatic heterocycles. The molecular weight excluding hydrogens is 381 g/mol. The molecule has 1 aromatic carbocycles. The Morgan fingerprint density at radius 2 is 1.79 bits per heavy atom. The van der Waals surface area contributed by atoms with Crippen LogP contribution < -0.4 is 0 Å². The maximum atomic E-state index is 15.2. The summed E-state index contributed by atoms with van der Waals surface area (Å²) in [4.78, 5) is 0. The van der Waals surface area contributed by atoms with Crippen LogP contribution in [0.2, 0.25) is 0 Å². The predicted octanol–water partition coefficient (Wildman–Crippen LogP) is 4.94. The molecule has 0 aromatic heterocycles. The average molecular weight is 403 g/mol. The quantitative estimate of drug-likeness (QED) is 0.653. The van der Waals surface area contributed by atoms with E-state index in [9.17, 15) is 4.39 Å². The summed E-state index contributed by atoms with van der Waals surface area (Å²) in [6, 6.07) is 4.38. The van der Waals surface area contributed by atoms with Gasteiger partial charge in [-0.05, 0) is 73.3 Å². The lowest BCUT2D eigenvalue weighted by molar-refractivity contribution is 0.00578. The maximum absolute atomic E-state index is 15.2. The Labute approximate surface area is 150 Å². The van der Waals surface area contributed by atoms with Crippen molar-refractivity contribution in [2.45, 2.75) is 45.3 Å². The number of hydrogen-bond donors (Lipinski definition) is 0. The number of halogens is 3. The molecule has 0 aliphatic carbocycles. The Hall–Kier alpha value is -0.755. The second kappa shape index (κ2) is 7.24. The highest BCUT2D eigenvalue weighted by molar-refractivity contribution is 9.10. The minimum atomic E-state index is -1.09. The molecule has 0 bridgehead atoms. The molecule has 1 heterocycles. The molecule has 24 heavy (non-hydrogen) atoms. The van der Waals surface area contributed by atoms with Gasteiger partial charge in [-0.1, -0.05) is 6.07 Å². The first kappa shape index (κ1) is 19.6. The summed E-state index contributed by atoms with van der Waals surface area (Å²) in [5.74, 6) is -0.402. The molecule has 0 amide bonds. The first-order valence-corrected chi connectivity index (χ1v) is 8.57. The summed E-state index contributed by atoms with van der Waals surface area (Å²) in [5.41, 5.74) is -0.831. The van der Waals surface area contributed by atoms with E-state index in [0.29, 0.717) is 24.2 Å². The van der Waals surface area contributed by atoms with Crippen molar-refractivity contribution >= 4 is 28.6 Å². The van der Waals surface area contributed by atoms with Crippen molar-refractivity contribution in [3.63, 3.8) is 0 Å². The predicted molar refractivity (Wildman–Crippen MR) is 94.7 cm³/mol. The summed E-state index contributed by atoms with van der Waals surface area (Å²) >= 11 is 3.14. The zero-order valence-corrected chi connectivity index (χ0v) is 16.2. The van der Waals surface area contributed by atoms with Gasteiger partial charge in [0.1, 0.15) is 11.5 Å². The average Bonchev–Trinajstić information content (AvgIpc) is 2.71. The van der Waals surface area contributed by atoms with Gasteiger partial charge in [-0.3, -0.25) is 0 Å². The summed E-state index contributed by atoms with van der Waals surface area (Å²) in [6.07, 6.45) is 0.324. The third kappa shape index (κ3) is 3.90. The Morgan fingerprint density at radius 3 is 2.29 bits per heavy atom. The van der Waals surface area contributed by atoms with Crippen molar-refractivity contribution in [1.29, 1.82) is 0 Å². The van der Waals surface area contributed by atoms with Gasteiger partial charge >= 0.3 is 7.12 Å². The van der Waals surface area contributed by atoms with Crippen LogP contribution in [0.1, 0.15) is 39.7 Å². The van der Waals surface area contributed by atoms with Crippen molar-refractivity contribution in [3.8, 4) is 0 Å². The van der Waals surface area contributed by atoms with Gasteiger partial charge in [-0.2, -0.15) is 0 Å². The summed E-state index contributed by atoms with van der Waals surface area (Å²) in [6.45, 7) is 7.79. The molecule has 0 atom stereocenters. The molecule has 7 heteroatoms. The van der Waals surface area contributed by atoms with E-state index < -0.39 is 29.9 Å². The van der Waals surface area contributed by atoms with Crippen LogP contribution in [0.15, 0.2) is 28.4 Å². The first-order chi connectivity index (χ1) is 11.1. The van der Waals surface area contributed by atoms with Gasteiger partial charge in [0.05, 0.1) is 22.3 Å². The monoisotopic (exact) mass is 402 g/mol. The third-order valence-electron chi connectivity index (χ3n) is 4.57. The zero-order chi connectivity index (χ0) is 18.1. The standard InChI is InChI=1S/C17H22BBrF2O3/c1-16(2)17(3,4)24-18(23-16)15(21)12(8-9-22-5)11-6-7-14(20)13(19)10-11/h6-7,10H,8-9H2,1-5H3. The third-order valence-corrected chi connectivity index (χ3v) is 5.18. The molecule has 1 fully saturated rings. The second-order valence-electron chi connectivity index (χ2n) is 6.79. The molecule has 0 radical (unpaired) electrons. The molecule has 0 unspecified atom stereocenters. The fourth-order valence-corrected chi connectivity index (χ4v) is 2.76. The fraction of sp³-hybridized carbons (Fsp3) is 0.529. The van der Waals surface area contributed by atoms with Crippen LogP contribution in [0.5, 0.6) is 0 Å². The fourth-order valence-electron chi connectivity index (χ4n) is 2.38. The highest BCUT2D eigenvalue weighted by Crippen LogP contribution is 2.40. The van der Waals surface area contributed by atoms with Crippen LogP contribution in [0.4, 0.5) is 8.78 Å². The van der Waals surface area contributed by atoms with Gasteiger partial charge < -0.3 is 14.0 Å². The maximum Gasteiger partial charge on any atom is 0.525 e. The number of ether oxygens (including phenoxy) is 1. The van der Waals surface area contributed by atoms with Crippen LogP contribution in [0, 0.1) is 5.82 Å². The molecule has 0 spiro atoms. The second-order valence-corrected chi connectivity index (χ2v) is 7.64. The highest BCUT2D eigenvalue weighted by atomic mass is 79.9. The number of benzene rings is 1. The smallest absolute Gasteiger partial charge is 0.398 e. The van der Waals surface area contributed by atoms with Crippen molar-refractivity contribution in [3.05, 3.63) is 39.8 Å². The summed E-state index contributed by atoms with van der Waals surface area (Å²) in [5, 5.41) is 0. The molecule has 2 rings (SSSR count). The van der Waals surface area contributed by atoms with Crippen molar-refractivity contribution in [2.24, 2.45) is 0 Å². The van der Waals surface area contributed by atoms with Gasteiger partial charge in [0.25, 0.3) is 0 Å². The van der Waals surface area contributed by atoms with E-state index in [-0.39, 0.29) is 4.47 Å². The van der Waals surface area contributed by atoms with E-state index in [1.807, 2.05) is 27.7 Å². The van der Waals surface area contributed by atoms with Crippen LogP contribution in [-0.2, 0) is 14.0 Å². The van der Waals surface area contributed by atoms with Crippen molar-refractivity contribution in [1.82, 2.24) is 0 Å². The van der Waals surface area contributed by atoms with E-state index in [1.54, 1.807) is 13.2 Å². The number of methoxy groups -OCH3 is 1. The lowest BCUT2D eigenvalue weighted by atomic mass is 9.82. The Bertz CT molecular complexity index is 631. The van der Waals surface area contributed by atoms with Gasteiger partial charge in [0.2, 0.25) is 0 Å². The zero-order valence-electron chi connectivity index (χ0n) is 14.6. The topological polar surface area (TPSA) is 27.7 Å². The molecular formula is C17H22BBrF2O3. The molecule has 132 valence electrons. The lowest BCUT2D eigenvalue weighted by Gasteiger charge is -2.32. The van der Waals surface area contributed by atoms with E-state index in [4.69, 9.17) is 14.0 Å². The van der Waals surface area contributed by atoms with Crippen LogP contribution >= 0.6 is 15.9 Å². The van der Waals surface area contributed by atoms with Crippen LogP contribution in [0.3, 0.4) is 0 Å². The van der Waals surface area contributed by atoms with Gasteiger partial charge in [0.15, 0.2) is 0 Å². The normalized spacial score (nSPS) is 20.2. The molecule has 0 saturated carbocycles. The molecule has 1 aliphatic rings. The summed E-state index contributed by atoms with van der Waals surface area (Å²) < 4.78 is 45.6. The number of hydrogen-bond acceptors (Lipinski definition) is 3. The van der Waals surface area contributed by atoms with Crippen molar-refractivity contribution < 1.29 is 22.8 Å². The highest BCUT2D eigenvalue weighted by Gasteiger charge is 2.53. The van der Waals surface area contributed by atoms with Crippen molar-refractivity contribution in [2.75, 3.05) is 13.7 Å². The largest absolute Gasteiger partial charge is 0.525 e. The SMILES string of the molecule is COCCC(=C(F)B1OC(C)(C)C(C)(C)O1)c1ccc(F)c(Br)c1.